The van der Waals surface area contributed by atoms with E-state index >= 15 is 0 Å². The minimum absolute atomic E-state index is 0.271. The summed E-state index contributed by atoms with van der Waals surface area (Å²) >= 11 is 3.28. The van der Waals surface area contributed by atoms with Crippen molar-refractivity contribution in [2.45, 2.75) is 6.54 Å². The van der Waals surface area contributed by atoms with Gasteiger partial charge in [-0.05, 0) is 24.3 Å². The number of aromatic nitrogens is 2. The van der Waals surface area contributed by atoms with Gasteiger partial charge in [-0.2, -0.15) is 5.10 Å². The first-order chi connectivity index (χ1) is 8.65. The number of anilines is 1. The third-order valence-electron chi connectivity index (χ3n) is 2.27. The van der Waals surface area contributed by atoms with Gasteiger partial charge in [0.25, 0.3) is 0 Å². The minimum Gasteiger partial charge on any atom is -0.460 e. The molecule has 0 aliphatic heterocycles. The zero-order chi connectivity index (χ0) is 13.0. The Morgan fingerprint density at radius 1 is 1.44 bits per heavy atom. The number of rotatable bonds is 4. The molecule has 2 aromatic rings. The molecule has 0 unspecified atom stereocenters. The number of hydrogen-bond donors (Lipinski definition) is 1. The summed E-state index contributed by atoms with van der Waals surface area (Å²) in [6.07, 6.45) is 3.49. The average Bonchev–Trinajstić information content (AvgIpc) is 2.80. The van der Waals surface area contributed by atoms with Crippen LogP contribution in [0.4, 0.5) is 5.69 Å². The predicted molar refractivity (Wildman–Crippen MR) is 71.1 cm³/mol. The summed E-state index contributed by atoms with van der Waals surface area (Å²) in [6.45, 7) is 0.801. The van der Waals surface area contributed by atoms with E-state index in [9.17, 15) is 4.79 Å². The van der Waals surface area contributed by atoms with Crippen LogP contribution in [-0.4, -0.2) is 22.4 Å². The third-order valence-corrected chi connectivity index (χ3v) is 2.73. The van der Waals surface area contributed by atoms with Crippen molar-refractivity contribution in [2.24, 2.45) is 0 Å². The fourth-order valence-corrected chi connectivity index (χ4v) is 1.99. The normalized spacial score (nSPS) is 10.3. The quantitative estimate of drug-likeness (QED) is 0.693. The maximum Gasteiger partial charge on any atom is 0.338 e. The van der Waals surface area contributed by atoms with Gasteiger partial charge in [0, 0.05) is 22.6 Å². The first-order valence-electron chi connectivity index (χ1n) is 5.36. The van der Waals surface area contributed by atoms with E-state index in [1.54, 1.807) is 29.1 Å². The summed E-state index contributed by atoms with van der Waals surface area (Å²) in [5, 5.41) is 4.01. The van der Waals surface area contributed by atoms with Gasteiger partial charge in [0.05, 0.1) is 12.1 Å². The third kappa shape index (κ3) is 3.33. The number of nitrogens with two attached hydrogens (primary N) is 1. The van der Waals surface area contributed by atoms with Gasteiger partial charge in [0.1, 0.15) is 6.61 Å². The van der Waals surface area contributed by atoms with Crippen molar-refractivity contribution in [1.82, 2.24) is 9.78 Å². The lowest BCUT2D eigenvalue weighted by Crippen LogP contribution is -2.12. The molecule has 2 rings (SSSR count). The Morgan fingerprint density at radius 3 is 2.94 bits per heavy atom. The number of esters is 1. The van der Waals surface area contributed by atoms with Crippen molar-refractivity contribution >= 4 is 27.6 Å². The number of hydrogen-bond acceptors (Lipinski definition) is 4. The molecule has 0 bridgehead atoms. The van der Waals surface area contributed by atoms with Crippen LogP contribution in [0.25, 0.3) is 0 Å². The highest BCUT2D eigenvalue weighted by Gasteiger charge is 2.08. The van der Waals surface area contributed by atoms with E-state index in [1.165, 1.54) is 0 Å². The van der Waals surface area contributed by atoms with Crippen LogP contribution < -0.4 is 5.73 Å². The van der Waals surface area contributed by atoms with E-state index in [0.717, 1.165) is 4.47 Å². The van der Waals surface area contributed by atoms with Gasteiger partial charge in [0.2, 0.25) is 0 Å². The second kappa shape index (κ2) is 5.68. The van der Waals surface area contributed by atoms with Gasteiger partial charge in [-0.25, -0.2) is 4.79 Å². The van der Waals surface area contributed by atoms with Crippen LogP contribution in [0.3, 0.4) is 0 Å². The molecule has 0 fully saturated rings. The number of halogens is 1. The molecule has 0 radical (unpaired) electrons. The second-order valence-electron chi connectivity index (χ2n) is 3.68. The van der Waals surface area contributed by atoms with Gasteiger partial charge < -0.3 is 10.5 Å². The smallest absolute Gasteiger partial charge is 0.338 e. The fourth-order valence-electron chi connectivity index (χ4n) is 1.48. The first-order valence-corrected chi connectivity index (χ1v) is 6.15. The number of nitrogen functional groups attached to an aromatic ring is 1. The largest absolute Gasteiger partial charge is 0.460 e. The van der Waals surface area contributed by atoms with Crippen molar-refractivity contribution < 1.29 is 9.53 Å². The molecule has 94 valence electrons. The number of benzene rings is 1. The van der Waals surface area contributed by atoms with Gasteiger partial charge in [-0.15, -0.1) is 0 Å². The molecule has 0 amide bonds. The molecule has 6 heteroatoms. The van der Waals surface area contributed by atoms with Crippen molar-refractivity contribution in [3.8, 4) is 0 Å². The van der Waals surface area contributed by atoms with Crippen LogP contribution >= 0.6 is 15.9 Å². The molecule has 1 heterocycles. The molecule has 1 aromatic carbocycles. The molecule has 18 heavy (non-hydrogen) atoms. The van der Waals surface area contributed by atoms with Crippen LogP contribution in [0.5, 0.6) is 0 Å². The summed E-state index contributed by atoms with van der Waals surface area (Å²) in [5.74, 6) is -0.393. The first kappa shape index (κ1) is 12.6. The molecule has 0 atom stereocenters. The lowest BCUT2D eigenvalue weighted by molar-refractivity contribution is 0.0487. The summed E-state index contributed by atoms with van der Waals surface area (Å²) in [7, 11) is 0. The van der Waals surface area contributed by atoms with Crippen LogP contribution in [0.2, 0.25) is 0 Å². The molecular weight excluding hydrogens is 298 g/mol. The number of ether oxygens (including phenoxy) is 1. The molecule has 1 aromatic heterocycles. The summed E-state index contributed by atoms with van der Waals surface area (Å²) in [6, 6.07) is 6.80. The Bertz CT molecular complexity index is 520. The van der Waals surface area contributed by atoms with Gasteiger partial charge >= 0.3 is 5.97 Å². The van der Waals surface area contributed by atoms with E-state index < -0.39 is 5.97 Å². The molecular formula is C12H12BrN3O2. The van der Waals surface area contributed by atoms with Crippen molar-refractivity contribution in [3.63, 3.8) is 0 Å². The van der Waals surface area contributed by atoms with Crippen molar-refractivity contribution in [1.29, 1.82) is 0 Å². The van der Waals surface area contributed by atoms with E-state index in [0.29, 0.717) is 17.8 Å². The Balaban J connectivity index is 1.91. The highest BCUT2D eigenvalue weighted by Crippen LogP contribution is 2.17. The average molecular weight is 310 g/mol. The van der Waals surface area contributed by atoms with Crippen LogP contribution in [0, 0.1) is 0 Å². The maximum absolute atomic E-state index is 11.7. The molecule has 0 saturated heterocycles. The summed E-state index contributed by atoms with van der Waals surface area (Å²) in [4.78, 5) is 11.7. The van der Waals surface area contributed by atoms with Gasteiger partial charge in [0.15, 0.2) is 0 Å². The monoisotopic (exact) mass is 309 g/mol. The molecule has 5 nitrogen and oxygen atoms in total. The standard InChI is InChI=1S/C12H12BrN3O2/c13-10-6-9(7-11(14)8-10)12(17)18-5-4-16-3-1-2-15-16/h1-3,6-8H,4-5,14H2. The number of carbonyl (C=O) groups excluding carboxylic acids is 1. The Kier molecular flexibility index (Phi) is 3.99. The molecule has 0 aliphatic carbocycles. The Labute approximate surface area is 113 Å². The SMILES string of the molecule is Nc1cc(Br)cc(C(=O)OCCn2cccn2)c1. The molecule has 2 N–H and O–H groups in total. The molecule has 0 spiro atoms. The highest BCUT2D eigenvalue weighted by molar-refractivity contribution is 9.10. The maximum atomic E-state index is 11.7. The zero-order valence-electron chi connectivity index (χ0n) is 9.54. The van der Waals surface area contributed by atoms with E-state index in [2.05, 4.69) is 21.0 Å². The second-order valence-corrected chi connectivity index (χ2v) is 4.59. The Morgan fingerprint density at radius 2 is 2.28 bits per heavy atom. The fraction of sp³-hybridized carbons (Fsp3) is 0.167. The lowest BCUT2D eigenvalue weighted by Gasteiger charge is -2.06. The van der Waals surface area contributed by atoms with Gasteiger partial charge in [-0.1, -0.05) is 15.9 Å². The van der Waals surface area contributed by atoms with Crippen LogP contribution in [0.1, 0.15) is 10.4 Å². The Hall–Kier alpha value is -1.82. The van der Waals surface area contributed by atoms with E-state index in [4.69, 9.17) is 10.5 Å². The van der Waals surface area contributed by atoms with E-state index in [1.807, 2.05) is 12.3 Å². The summed E-state index contributed by atoms with van der Waals surface area (Å²) in [5.41, 5.74) is 6.60. The van der Waals surface area contributed by atoms with Crippen LogP contribution in [-0.2, 0) is 11.3 Å². The summed E-state index contributed by atoms with van der Waals surface area (Å²) < 4.78 is 7.58. The predicted octanol–water partition coefficient (Wildman–Crippen LogP) is 2.08. The van der Waals surface area contributed by atoms with E-state index in [-0.39, 0.29) is 6.61 Å². The van der Waals surface area contributed by atoms with Gasteiger partial charge in [-0.3, -0.25) is 4.68 Å². The lowest BCUT2D eigenvalue weighted by atomic mass is 10.2. The zero-order valence-corrected chi connectivity index (χ0v) is 11.1. The number of nitrogens with zero attached hydrogens (tertiary/aromatic N) is 2. The molecule has 0 aliphatic rings. The van der Waals surface area contributed by atoms with Crippen LogP contribution in [0.15, 0.2) is 41.1 Å². The number of carbonyl (C=O) groups is 1. The van der Waals surface area contributed by atoms with Crippen molar-refractivity contribution in [2.75, 3.05) is 12.3 Å². The van der Waals surface area contributed by atoms with Crippen molar-refractivity contribution in [3.05, 3.63) is 46.7 Å². The topological polar surface area (TPSA) is 70.1 Å². The molecule has 0 saturated carbocycles. The minimum atomic E-state index is -0.393. The highest BCUT2D eigenvalue weighted by atomic mass is 79.9.